The second kappa shape index (κ2) is 8.62. The molecule has 0 aromatic heterocycles. The van der Waals surface area contributed by atoms with Crippen LogP contribution in [0.25, 0.3) is 0 Å². The van der Waals surface area contributed by atoms with Crippen LogP contribution in [-0.4, -0.2) is 73.6 Å². The van der Waals surface area contributed by atoms with Crippen LogP contribution >= 0.6 is 0 Å². The number of nitrogens with one attached hydrogen (secondary N) is 3. The van der Waals surface area contributed by atoms with Crippen molar-refractivity contribution >= 4 is 17.7 Å². The second-order valence-corrected chi connectivity index (χ2v) is 7.41. The van der Waals surface area contributed by atoms with E-state index in [1.54, 1.807) is 4.90 Å². The predicted molar refractivity (Wildman–Crippen MR) is 92.8 cm³/mol. The number of ether oxygens (including phenoxy) is 1. The van der Waals surface area contributed by atoms with Crippen molar-refractivity contribution in [1.29, 1.82) is 0 Å². The van der Waals surface area contributed by atoms with Crippen molar-refractivity contribution < 1.29 is 19.1 Å². The summed E-state index contributed by atoms with van der Waals surface area (Å²) in [6.07, 6.45) is 1.32. The SMILES string of the molecule is CCCN1CC(=O)NC(CC(C)C)C(=O)NCC2(COC2)NCC1=O. The molecular weight excluding hydrogens is 324 g/mol. The van der Waals surface area contributed by atoms with Crippen LogP contribution in [0.2, 0.25) is 0 Å². The lowest BCUT2D eigenvalue weighted by molar-refractivity contribution is -0.139. The van der Waals surface area contributed by atoms with Crippen molar-refractivity contribution in [2.75, 3.05) is 39.4 Å². The Balaban J connectivity index is 2.16. The van der Waals surface area contributed by atoms with Crippen molar-refractivity contribution in [3.63, 3.8) is 0 Å². The van der Waals surface area contributed by atoms with Crippen molar-refractivity contribution in [3.05, 3.63) is 0 Å². The Kier molecular flexibility index (Phi) is 6.78. The normalized spacial score (nSPS) is 25.0. The van der Waals surface area contributed by atoms with Gasteiger partial charge in [0, 0.05) is 13.1 Å². The monoisotopic (exact) mass is 354 g/mol. The molecule has 2 heterocycles. The summed E-state index contributed by atoms with van der Waals surface area (Å²) < 4.78 is 5.28. The largest absolute Gasteiger partial charge is 0.377 e. The van der Waals surface area contributed by atoms with Crippen molar-refractivity contribution in [3.8, 4) is 0 Å². The highest BCUT2D eigenvalue weighted by Crippen LogP contribution is 2.16. The van der Waals surface area contributed by atoms with Gasteiger partial charge in [-0.15, -0.1) is 0 Å². The van der Waals surface area contributed by atoms with E-state index in [4.69, 9.17) is 4.74 Å². The number of nitrogens with zero attached hydrogens (tertiary/aromatic N) is 1. The molecule has 142 valence electrons. The van der Waals surface area contributed by atoms with Crippen molar-refractivity contribution in [1.82, 2.24) is 20.9 Å². The molecule has 2 fully saturated rings. The quantitative estimate of drug-likeness (QED) is 0.617. The molecule has 0 bridgehead atoms. The molecule has 0 aromatic carbocycles. The average molecular weight is 354 g/mol. The van der Waals surface area contributed by atoms with Gasteiger partial charge in [-0.1, -0.05) is 20.8 Å². The van der Waals surface area contributed by atoms with Crippen LogP contribution in [0, 0.1) is 5.92 Å². The van der Waals surface area contributed by atoms with Crippen LogP contribution in [0.1, 0.15) is 33.6 Å². The molecule has 0 aromatic rings. The molecule has 25 heavy (non-hydrogen) atoms. The summed E-state index contributed by atoms with van der Waals surface area (Å²) in [5.41, 5.74) is -0.408. The predicted octanol–water partition coefficient (Wildman–Crippen LogP) is -0.756. The number of hydrogen-bond acceptors (Lipinski definition) is 5. The number of carbonyl (C=O) groups excluding carboxylic acids is 3. The fourth-order valence-corrected chi connectivity index (χ4v) is 3.05. The molecule has 0 radical (unpaired) electrons. The lowest BCUT2D eigenvalue weighted by atomic mass is 9.96. The number of rotatable bonds is 4. The molecule has 0 aliphatic carbocycles. The zero-order valence-corrected chi connectivity index (χ0v) is 15.4. The Hall–Kier alpha value is -1.67. The molecule has 2 saturated heterocycles. The maximum absolute atomic E-state index is 12.5. The van der Waals surface area contributed by atoms with Gasteiger partial charge >= 0.3 is 0 Å². The zero-order chi connectivity index (χ0) is 18.4. The zero-order valence-electron chi connectivity index (χ0n) is 15.4. The molecule has 2 aliphatic rings. The third-order valence-electron chi connectivity index (χ3n) is 4.51. The molecule has 2 aliphatic heterocycles. The summed E-state index contributed by atoms with van der Waals surface area (Å²) in [7, 11) is 0. The highest BCUT2D eigenvalue weighted by atomic mass is 16.5. The first-order valence-electron chi connectivity index (χ1n) is 9.03. The Labute approximate surface area is 149 Å². The van der Waals surface area contributed by atoms with Gasteiger partial charge in [0.15, 0.2) is 0 Å². The fourth-order valence-electron chi connectivity index (χ4n) is 3.05. The van der Waals surface area contributed by atoms with Crippen LogP contribution in [0.4, 0.5) is 0 Å². The molecule has 1 spiro atoms. The summed E-state index contributed by atoms with van der Waals surface area (Å²) >= 11 is 0. The molecule has 3 amide bonds. The first-order chi connectivity index (χ1) is 11.8. The van der Waals surface area contributed by atoms with Crippen LogP contribution in [-0.2, 0) is 19.1 Å². The van der Waals surface area contributed by atoms with E-state index < -0.39 is 11.6 Å². The van der Waals surface area contributed by atoms with Gasteiger partial charge in [0.2, 0.25) is 17.7 Å². The van der Waals surface area contributed by atoms with Crippen LogP contribution < -0.4 is 16.0 Å². The summed E-state index contributed by atoms with van der Waals surface area (Å²) in [5.74, 6) is -0.346. The Bertz CT molecular complexity index is 505. The lowest BCUT2D eigenvalue weighted by Gasteiger charge is -2.43. The van der Waals surface area contributed by atoms with E-state index in [-0.39, 0.29) is 36.7 Å². The van der Waals surface area contributed by atoms with Crippen molar-refractivity contribution in [2.45, 2.75) is 45.2 Å². The van der Waals surface area contributed by atoms with E-state index in [2.05, 4.69) is 16.0 Å². The summed E-state index contributed by atoms with van der Waals surface area (Å²) in [4.78, 5) is 38.9. The number of hydrogen-bond donors (Lipinski definition) is 3. The maximum atomic E-state index is 12.5. The minimum Gasteiger partial charge on any atom is -0.377 e. The molecule has 8 nitrogen and oxygen atoms in total. The Morgan fingerprint density at radius 1 is 1.28 bits per heavy atom. The first-order valence-corrected chi connectivity index (χ1v) is 9.03. The first kappa shape index (κ1) is 19.7. The molecule has 1 atom stereocenters. The standard InChI is InChI=1S/C17H30N4O4/c1-4-5-21-8-14(22)20-13(6-12(2)3)16(24)18-9-17(10-25-11-17)19-7-15(21)23/h12-13,19H,4-11H2,1-3H3,(H,18,24)(H,20,22). The van der Waals surface area contributed by atoms with Gasteiger partial charge in [-0.25, -0.2) is 0 Å². The second-order valence-electron chi connectivity index (χ2n) is 7.41. The Morgan fingerprint density at radius 3 is 2.56 bits per heavy atom. The lowest BCUT2D eigenvalue weighted by Crippen LogP contribution is -2.68. The summed E-state index contributed by atoms with van der Waals surface area (Å²) in [6, 6.07) is -0.594. The smallest absolute Gasteiger partial charge is 0.242 e. The van der Waals surface area contributed by atoms with Gasteiger partial charge < -0.3 is 20.3 Å². The van der Waals surface area contributed by atoms with Gasteiger partial charge in [-0.05, 0) is 18.8 Å². The number of amides is 3. The third kappa shape index (κ3) is 5.40. The average Bonchev–Trinajstić information content (AvgIpc) is 2.50. The van der Waals surface area contributed by atoms with E-state index in [0.29, 0.717) is 32.7 Å². The van der Waals surface area contributed by atoms with Gasteiger partial charge in [0.25, 0.3) is 0 Å². The topological polar surface area (TPSA) is 99.8 Å². The van der Waals surface area contributed by atoms with Gasteiger partial charge in [-0.2, -0.15) is 0 Å². The highest BCUT2D eigenvalue weighted by Gasteiger charge is 2.40. The van der Waals surface area contributed by atoms with E-state index in [9.17, 15) is 14.4 Å². The molecule has 2 rings (SSSR count). The molecule has 1 unspecified atom stereocenters. The minimum atomic E-state index is -0.594. The van der Waals surface area contributed by atoms with E-state index in [1.165, 1.54) is 0 Å². The summed E-state index contributed by atoms with van der Waals surface area (Å²) in [6.45, 7) is 7.87. The molecular formula is C17H30N4O4. The molecule has 8 heteroatoms. The van der Waals surface area contributed by atoms with E-state index >= 15 is 0 Å². The molecule has 0 saturated carbocycles. The highest BCUT2D eigenvalue weighted by molar-refractivity contribution is 5.90. The van der Waals surface area contributed by atoms with Gasteiger partial charge in [0.1, 0.15) is 6.04 Å². The third-order valence-corrected chi connectivity index (χ3v) is 4.51. The van der Waals surface area contributed by atoms with Gasteiger partial charge in [0.05, 0.1) is 31.8 Å². The van der Waals surface area contributed by atoms with E-state index in [1.807, 2.05) is 20.8 Å². The fraction of sp³-hybridized carbons (Fsp3) is 0.824. The van der Waals surface area contributed by atoms with Crippen LogP contribution in [0.3, 0.4) is 0 Å². The molecule has 3 N–H and O–H groups in total. The summed E-state index contributed by atoms with van der Waals surface area (Å²) in [5, 5.41) is 8.91. The Morgan fingerprint density at radius 2 is 2.00 bits per heavy atom. The maximum Gasteiger partial charge on any atom is 0.242 e. The number of carbonyl (C=O) groups is 3. The minimum absolute atomic E-state index is 0.0280. The van der Waals surface area contributed by atoms with Gasteiger partial charge in [-0.3, -0.25) is 19.7 Å². The van der Waals surface area contributed by atoms with Crippen molar-refractivity contribution in [2.24, 2.45) is 5.92 Å². The van der Waals surface area contributed by atoms with E-state index in [0.717, 1.165) is 6.42 Å². The van der Waals surface area contributed by atoms with Crippen LogP contribution in [0.15, 0.2) is 0 Å². The van der Waals surface area contributed by atoms with Crippen LogP contribution in [0.5, 0.6) is 0 Å².